The summed E-state index contributed by atoms with van der Waals surface area (Å²) in [4.78, 5) is 2.67. The summed E-state index contributed by atoms with van der Waals surface area (Å²) in [6, 6.07) is 0.846. The van der Waals surface area contributed by atoms with E-state index in [1.54, 1.807) is 0 Å². The van der Waals surface area contributed by atoms with Crippen LogP contribution in [0.4, 0.5) is 0 Å². The third kappa shape index (κ3) is 5.86. The highest BCUT2D eigenvalue weighted by molar-refractivity contribution is 4.76. The van der Waals surface area contributed by atoms with Crippen molar-refractivity contribution in [3.05, 3.63) is 0 Å². The Balaban J connectivity index is 0.000000509. The molecule has 2 heterocycles. The molecule has 0 N–H and O–H groups in total. The third-order valence-electron chi connectivity index (χ3n) is 3.10. The summed E-state index contributed by atoms with van der Waals surface area (Å²) in [6.45, 7) is 12.7. The second-order valence-corrected chi connectivity index (χ2v) is 3.94. The average Bonchev–Trinajstić information content (AvgIpc) is 2.45. The molecule has 16 heavy (non-hydrogen) atoms. The molecule has 0 unspecified atom stereocenters. The Morgan fingerprint density at radius 3 is 1.81 bits per heavy atom. The summed E-state index contributed by atoms with van der Waals surface area (Å²) in [6.07, 6.45) is 6.80. The van der Waals surface area contributed by atoms with Crippen molar-refractivity contribution >= 4 is 0 Å². The summed E-state index contributed by atoms with van der Waals surface area (Å²) in [5.74, 6) is 0. The van der Waals surface area contributed by atoms with Crippen LogP contribution in [0.2, 0.25) is 0 Å². The lowest BCUT2D eigenvalue weighted by Crippen LogP contribution is -2.42. The minimum Gasteiger partial charge on any atom is -0.381 e. The first-order valence-electron chi connectivity index (χ1n) is 7.28. The molecule has 0 aromatic rings. The molecule has 0 aromatic heterocycles. The van der Waals surface area contributed by atoms with E-state index in [9.17, 15) is 0 Å². The predicted octanol–water partition coefficient (Wildman–Crippen LogP) is 3.70. The average molecular weight is 229 g/mol. The molecular weight excluding hydrogens is 198 g/mol. The summed E-state index contributed by atoms with van der Waals surface area (Å²) in [7, 11) is 0. The fourth-order valence-corrected chi connectivity index (χ4v) is 2.33. The van der Waals surface area contributed by atoms with Crippen LogP contribution in [0.3, 0.4) is 0 Å². The molecule has 0 saturated carbocycles. The minimum absolute atomic E-state index is 0.846. The number of ether oxygens (including phenoxy) is 1. The lowest BCUT2D eigenvalue weighted by Gasteiger charge is -2.36. The van der Waals surface area contributed by atoms with Crippen LogP contribution in [-0.2, 0) is 4.74 Å². The van der Waals surface area contributed by atoms with Gasteiger partial charge in [0.05, 0.1) is 0 Å². The van der Waals surface area contributed by atoms with Crippen LogP contribution in [0.25, 0.3) is 0 Å². The second kappa shape index (κ2) is 11.4. The smallest absolute Gasteiger partial charge is 0.0480 e. The maximum absolute atomic E-state index is 5.36. The summed E-state index contributed by atoms with van der Waals surface area (Å²) in [5.41, 5.74) is 0. The Morgan fingerprint density at radius 1 is 0.812 bits per heavy atom. The van der Waals surface area contributed by atoms with Crippen molar-refractivity contribution in [3.63, 3.8) is 0 Å². The molecule has 2 saturated heterocycles. The van der Waals surface area contributed by atoms with Gasteiger partial charge in [0.25, 0.3) is 0 Å². The van der Waals surface area contributed by atoms with Crippen molar-refractivity contribution in [1.29, 1.82) is 0 Å². The van der Waals surface area contributed by atoms with Crippen LogP contribution < -0.4 is 0 Å². The molecule has 0 radical (unpaired) electrons. The number of likely N-dealkylation sites (tertiary alicyclic amines) is 1. The van der Waals surface area contributed by atoms with E-state index in [1.165, 1.54) is 45.2 Å². The normalized spacial score (nSPS) is 22.5. The SMILES string of the molecule is C1CCN(C2CCOCC2)CC1.CC.CC. The Labute approximate surface area is 102 Å². The van der Waals surface area contributed by atoms with Crippen LogP contribution in [0.1, 0.15) is 59.8 Å². The molecule has 2 nitrogen and oxygen atoms in total. The zero-order valence-corrected chi connectivity index (χ0v) is 11.8. The first-order valence-corrected chi connectivity index (χ1v) is 7.28. The molecule has 2 aliphatic heterocycles. The van der Waals surface area contributed by atoms with Crippen molar-refractivity contribution in [2.24, 2.45) is 0 Å². The highest BCUT2D eigenvalue weighted by Crippen LogP contribution is 2.19. The largest absolute Gasteiger partial charge is 0.381 e. The van der Waals surface area contributed by atoms with Crippen molar-refractivity contribution in [3.8, 4) is 0 Å². The van der Waals surface area contributed by atoms with Crippen LogP contribution in [-0.4, -0.2) is 37.2 Å². The number of hydrogen-bond acceptors (Lipinski definition) is 2. The first-order chi connectivity index (χ1) is 7.97. The number of piperidine rings is 1. The van der Waals surface area contributed by atoms with Gasteiger partial charge in [-0.05, 0) is 38.8 Å². The van der Waals surface area contributed by atoms with E-state index >= 15 is 0 Å². The monoisotopic (exact) mass is 229 g/mol. The van der Waals surface area contributed by atoms with Crippen molar-refractivity contribution in [1.82, 2.24) is 4.90 Å². The van der Waals surface area contributed by atoms with E-state index in [2.05, 4.69) is 4.90 Å². The van der Waals surface area contributed by atoms with E-state index in [1.807, 2.05) is 27.7 Å². The van der Waals surface area contributed by atoms with Gasteiger partial charge in [-0.1, -0.05) is 34.1 Å². The van der Waals surface area contributed by atoms with Crippen molar-refractivity contribution in [2.75, 3.05) is 26.3 Å². The highest BCUT2D eigenvalue weighted by atomic mass is 16.5. The number of rotatable bonds is 1. The van der Waals surface area contributed by atoms with Gasteiger partial charge in [-0.3, -0.25) is 0 Å². The van der Waals surface area contributed by atoms with Gasteiger partial charge in [-0.2, -0.15) is 0 Å². The van der Waals surface area contributed by atoms with Gasteiger partial charge < -0.3 is 9.64 Å². The maximum atomic E-state index is 5.36. The molecule has 0 bridgehead atoms. The topological polar surface area (TPSA) is 12.5 Å². The van der Waals surface area contributed by atoms with Gasteiger partial charge in [-0.25, -0.2) is 0 Å². The summed E-state index contributed by atoms with van der Waals surface area (Å²) < 4.78 is 5.36. The van der Waals surface area contributed by atoms with Gasteiger partial charge >= 0.3 is 0 Å². The summed E-state index contributed by atoms with van der Waals surface area (Å²) >= 11 is 0. The molecule has 0 spiro atoms. The first kappa shape index (κ1) is 15.9. The van der Waals surface area contributed by atoms with Crippen LogP contribution in [0.15, 0.2) is 0 Å². The highest BCUT2D eigenvalue weighted by Gasteiger charge is 2.22. The molecule has 2 heteroatoms. The van der Waals surface area contributed by atoms with E-state index in [-0.39, 0.29) is 0 Å². The van der Waals surface area contributed by atoms with Crippen molar-refractivity contribution < 1.29 is 4.74 Å². The molecule has 0 aliphatic carbocycles. The molecule has 0 aromatic carbocycles. The Bertz CT molecular complexity index is 111. The van der Waals surface area contributed by atoms with E-state index in [4.69, 9.17) is 4.74 Å². The molecule has 0 amide bonds. The molecule has 98 valence electrons. The van der Waals surface area contributed by atoms with Gasteiger partial charge in [0, 0.05) is 19.3 Å². The Hall–Kier alpha value is -0.0800. The van der Waals surface area contributed by atoms with E-state index in [0.717, 1.165) is 19.3 Å². The Morgan fingerprint density at radius 2 is 1.31 bits per heavy atom. The van der Waals surface area contributed by atoms with E-state index in [0.29, 0.717) is 0 Å². The second-order valence-electron chi connectivity index (χ2n) is 3.94. The fraction of sp³-hybridized carbons (Fsp3) is 1.00. The predicted molar refractivity (Wildman–Crippen MR) is 72.0 cm³/mol. The van der Waals surface area contributed by atoms with Crippen molar-refractivity contribution in [2.45, 2.75) is 65.8 Å². The van der Waals surface area contributed by atoms with Gasteiger partial charge in [0.2, 0.25) is 0 Å². The van der Waals surface area contributed by atoms with Gasteiger partial charge in [-0.15, -0.1) is 0 Å². The zero-order chi connectivity index (χ0) is 12.2. The standard InChI is InChI=1S/C10H19NO.2C2H6/c1-2-6-11(7-3-1)10-4-8-12-9-5-10;2*1-2/h10H,1-9H2;2*1-2H3. The number of nitrogens with zero attached hydrogens (tertiary/aromatic N) is 1. The molecule has 0 atom stereocenters. The van der Waals surface area contributed by atoms with E-state index < -0.39 is 0 Å². The van der Waals surface area contributed by atoms with Crippen LogP contribution >= 0.6 is 0 Å². The zero-order valence-electron chi connectivity index (χ0n) is 11.8. The summed E-state index contributed by atoms with van der Waals surface area (Å²) in [5, 5.41) is 0. The quantitative estimate of drug-likeness (QED) is 0.680. The van der Waals surface area contributed by atoms with Gasteiger partial charge in [0.15, 0.2) is 0 Å². The molecule has 2 aliphatic rings. The molecule has 2 fully saturated rings. The lowest BCUT2D eigenvalue weighted by molar-refractivity contribution is 0.0274. The number of hydrogen-bond donors (Lipinski definition) is 0. The molecule has 2 rings (SSSR count). The van der Waals surface area contributed by atoms with Crippen LogP contribution in [0.5, 0.6) is 0 Å². The van der Waals surface area contributed by atoms with Crippen LogP contribution in [0, 0.1) is 0 Å². The maximum Gasteiger partial charge on any atom is 0.0480 e. The molecular formula is C14H31NO. The third-order valence-corrected chi connectivity index (χ3v) is 3.10. The Kier molecular flexibility index (Phi) is 11.3. The lowest BCUT2D eigenvalue weighted by atomic mass is 10.0. The van der Waals surface area contributed by atoms with Gasteiger partial charge in [0.1, 0.15) is 0 Å². The fourth-order valence-electron chi connectivity index (χ4n) is 2.33. The minimum atomic E-state index is 0.846.